The van der Waals surface area contributed by atoms with Crippen molar-refractivity contribution >= 4 is 43.2 Å². The van der Waals surface area contributed by atoms with Crippen LogP contribution in [0, 0.1) is 0 Å². The van der Waals surface area contributed by atoms with E-state index in [9.17, 15) is 8.42 Å². The molecule has 0 heterocycles. The van der Waals surface area contributed by atoms with Crippen molar-refractivity contribution in [3.8, 4) is 5.75 Å². The molecule has 0 spiro atoms. The first-order valence-corrected chi connectivity index (χ1v) is 12.1. The maximum atomic E-state index is 13.5. The van der Waals surface area contributed by atoms with Crippen LogP contribution < -0.4 is 9.04 Å². The zero-order valence-corrected chi connectivity index (χ0v) is 18.8. The zero-order valence-electron chi connectivity index (χ0n) is 15.7. The Hall–Kier alpha value is -2.02. The van der Waals surface area contributed by atoms with Crippen LogP contribution in [-0.2, 0) is 16.6 Å². The van der Waals surface area contributed by atoms with Gasteiger partial charge >= 0.3 is 0 Å². The summed E-state index contributed by atoms with van der Waals surface area (Å²) in [7, 11) is -3.80. The highest BCUT2D eigenvalue weighted by Gasteiger charge is 2.26. The summed E-state index contributed by atoms with van der Waals surface area (Å²) in [6.45, 7) is 0.705. The normalized spacial score (nSPS) is 11.2. The lowest BCUT2D eigenvalue weighted by atomic mass is 10.2. The Morgan fingerprint density at radius 3 is 2.24 bits per heavy atom. The van der Waals surface area contributed by atoms with E-state index in [1.54, 1.807) is 24.3 Å². The van der Waals surface area contributed by atoms with Crippen molar-refractivity contribution in [2.45, 2.75) is 17.9 Å². The van der Waals surface area contributed by atoms with Gasteiger partial charge in [0.15, 0.2) is 0 Å². The fourth-order valence-electron chi connectivity index (χ4n) is 2.81. The molecule has 0 aliphatic carbocycles. The van der Waals surface area contributed by atoms with Crippen molar-refractivity contribution in [2.24, 2.45) is 0 Å². The maximum absolute atomic E-state index is 13.5. The van der Waals surface area contributed by atoms with Crippen molar-refractivity contribution in [2.75, 3.05) is 16.2 Å². The van der Waals surface area contributed by atoms with Gasteiger partial charge in [-0.25, -0.2) is 8.42 Å². The van der Waals surface area contributed by atoms with E-state index in [2.05, 4.69) is 15.9 Å². The molecule has 3 rings (SSSR count). The molecule has 0 aliphatic heterocycles. The molecule has 4 nitrogen and oxygen atoms in total. The minimum absolute atomic E-state index is 0.152. The summed E-state index contributed by atoms with van der Waals surface area (Å²) in [5, 5.41) is 1.33. The van der Waals surface area contributed by atoms with Gasteiger partial charge in [0.1, 0.15) is 5.75 Å². The number of hydrogen-bond donors (Lipinski definition) is 0. The van der Waals surface area contributed by atoms with Gasteiger partial charge in [0.25, 0.3) is 10.0 Å². The second-order valence-corrected chi connectivity index (χ2v) is 9.39. The first kappa shape index (κ1) is 21.7. The van der Waals surface area contributed by atoms with E-state index >= 15 is 0 Å². The SMILES string of the molecule is O=S(=O)(c1ccc(Cl)cc1)N(Cc1ccccc1OCCCBr)c1ccccc1. The van der Waals surface area contributed by atoms with Crippen LogP contribution in [0.25, 0.3) is 0 Å². The molecule has 0 radical (unpaired) electrons. The molecule has 0 saturated heterocycles. The fraction of sp³-hybridized carbons (Fsp3) is 0.182. The van der Waals surface area contributed by atoms with Crippen LogP contribution in [-0.4, -0.2) is 20.4 Å². The van der Waals surface area contributed by atoms with Crippen molar-refractivity contribution in [3.63, 3.8) is 0 Å². The molecular formula is C22H21BrClNO3S. The van der Waals surface area contributed by atoms with Crippen LogP contribution in [0.15, 0.2) is 83.8 Å². The van der Waals surface area contributed by atoms with E-state index in [0.29, 0.717) is 23.1 Å². The number of hydrogen-bond acceptors (Lipinski definition) is 3. The van der Waals surface area contributed by atoms with Gasteiger partial charge in [-0.1, -0.05) is 63.9 Å². The highest BCUT2D eigenvalue weighted by atomic mass is 79.9. The quantitative estimate of drug-likeness (QED) is 0.275. The summed E-state index contributed by atoms with van der Waals surface area (Å²) in [6.07, 6.45) is 0.861. The topological polar surface area (TPSA) is 46.6 Å². The van der Waals surface area contributed by atoms with Gasteiger partial charge in [-0.3, -0.25) is 4.31 Å². The van der Waals surface area contributed by atoms with Crippen LogP contribution in [0.5, 0.6) is 5.75 Å². The first-order valence-electron chi connectivity index (χ1n) is 9.12. The molecule has 0 unspecified atom stereocenters. The average molecular weight is 495 g/mol. The third-order valence-corrected chi connectivity index (χ3v) is 6.87. The molecule has 0 bridgehead atoms. The molecule has 0 amide bonds. The molecule has 0 aliphatic rings. The van der Waals surface area contributed by atoms with Crippen molar-refractivity contribution in [3.05, 3.63) is 89.4 Å². The molecule has 152 valence electrons. The fourth-order valence-corrected chi connectivity index (χ4v) is 4.61. The summed E-state index contributed by atoms with van der Waals surface area (Å²) in [6, 6.07) is 22.8. The molecule has 0 atom stereocenters. The molecule has 3 aromatic carbocycles. The van der Waals surface area contributed by atoms with Crippen LogP contribution in [0.3, 0.4) is 0 Å². The highest BCUT2D eigenvalue weighted by molar-refractivity contribution is 9.09. The van der Waals surface area contributed by atoms with Gasteiger partial charge in [-0.05, 0) is 48.9 Å². The van der Waals surface area contributed by atoms with E-state index in [1.807, 2.05) is 42.5 Å². The summed E-state index contributed by atoms with van der Waals surface area (Å²) in [5.41, 5.74) is 1.38. The van der Waals surface area contributed by atoms with Gasteiger partial charge in [0.05, 0.1) is 23.7 Å². The number of para-hydroxylation sites is 2. The average Bonchev–Trinajstić information content (AvgIpc) is 2.74. The van der Waals surface area contributed by atoms with Crippen molar-refractivity contribution < 1.29 is 13.2 Å². The highest BCUT2D eigenvalue weighted by Crippen LogP contribution is 2.29. The summed E-state index contributed by atoms with van der Waals surface area (Å²) >= 11 is 9.33. The molecule has 0 aromatic heterocycles. The van der Waals surface area contributed by atoms with Gasteiger partial charge < -0.3 is 4.74 Å². The number of ether oxygens (including phenoxy) is 1. The van der Waals surface area contributed by atoms with E-state index in [1.165, 1.54) is 16.4 Å². The molecule has 29 heavy (non-hydrogen) atoms. The Morgan fingerprint density at radius 1 is 0.897 bits per heavy atom. The van der Waals surface area contributed by atoms with Crippen LogP contribution in [0.4, 0.5) is 5.69 Å². The third kappa shape index (κ3) is 5.53. The van der Waals surface area contributed by atoms with Crippen molar-refractivity contribution in [1.29, 1.82) is 0 Å². The number of benzene rings is 3. The number of anilines is 1. The molecule has 0 fully saturated rings. The number of nitrogens with zero attached hydrogens (tertiary/aromatic N) is 1. The number of alkyl halides is 1. The van der Waals surface area contributed by atoms with Gasteiger partial charge in [-0.2, -0.15) is 0 Å². The lowest BCUT2D eigenvalue weighted by Gasteiger charge is -2.25. The Labute approximate surface area is 185 Å². The van der Waals surface area contributed by atoms with E-state index in [0.717, 1.165) is 17.3 Å². The van der Waals surface area contributed by atoms with E-state index in [-0.39, 0.29) is 11.4 Å². The maximum Gasteiger partial charge on any atom is 0.264 e. The second kappa shape index (κ2) is 10.1. The number of halogens is 2. The largest absolute Gasteiger partial charge is 0.493 e. The molecule has 0 saturated carbocycles. The standard InChI is InChI=1S/C22H21BrClNO3S/c23-15-6-16-28-22-10-5-4-7-18(22)17-25(20-8-2-1-3-9-20)29(26,27)21-13-11-19(24)12-14-21/h1-5,7-14H,6,15-17H2. The Kier molecular flexibility index (Phi) is 7.58. The minimum atomic E-state index is -3.80. The van der Waals surface area contributed by atoms with Crippen molar-refractivity contribution in [1.82, 2.24) is 0 Å². The van der Waals surface area contributed by atoms with Gasteiger partial charge in [-0.15, -0.1) is 0 Å². The zero-order chi connectivity index (χ0) is 20.7. The lowest BCUT2D eigenvalue weighted by Crippen LogP contribution is -2.30. The third-order valence-electron chi connectivity index (χ3n) is 4.27. The monoisotopic (exact) mass is 493 g/mol. The Balaban J connectivity index is 1.99. The predicted molar refractivity (Wildman–Crippen MR) is 122 cm³/mol. The lowest BCUT2D eigenvalue weighted by molar-refractivity contribution is 0.316. The Morgan fingerprint density at radius 2 is 1.55 bits per heavy atom. The van der Waals surface area contributed by atoms with E-state index < -0.39 is 10.0 Å². The summed E-state index contributed by atoms with van der Waals surface area (Å²) in [5.74, 6) is 0.681. The summed E-state index contributed by atoms with van der Waals surface area (Å²) in [4.78, 5) is 0.184. The number of sulfonamides is 1. The predicted octanol–water partition coefficient (Wildman–Crippen LogP) is 5.90. The van der Waals surface area contributed by atoms with E-state index in [4.69, 9.17) is 16.3 Å². The molecular weight excluding hydrogens is 474 g/mol. The minimum Gasteiger partial charge on any atom is -0.493 e. The smallest absolute Gasteiger partial charge is 0.264 e. The molecule has 3 aromatic rings. The van der Waals surface area contributed by atoms with Crippen LogP contribution in [0.2, 0.25) is 5.02 Å². The molecule has 7 heteroatoms. The van der Waals surface area contributed by atoms with Gasteiger partial charge in [0, 0.05) is 15.9 Å². The van der Waals surface area contributed by atoms with Gasteiger partial charge in [0.2, 0.25) is 0 Å². The first-order chi connectivity index (χ1) is 14.0. The second-order valence-electron chi connectivity index (χ2n) is 6.30. The van der Waals surface area contributed by atoms with Crippen LogP contribution in [0.1, 0.15) is 12.0 Å². The molecule has 0 N–H and O–H groups in total. The Bertz CT molecular complexity index is 1030. The van der Waals surface area contributed by atoms with Crippen LogP contribution >= 0.6 is 27.5 Å². The number of rotatable bonds is 9. The summed E-state index contributed by atoms with van der Waals surface area (Å²) < 4.78 is 34.2.